The monoisotopic (exact) mass is 724 g/mol. The van der Waals surface area contributed by atoms with Crippen molar-refractivity contribution < 1.29 is 19.0 Å². The molecule has 1 aliphatic heterocycles. The summed E-state index contributed by atoms with van der Waals surface area (Å²) in [6, 6.07) is 12.8. The van der Waals surface area contributed by atoms with E-state index >= 15 is 0 Å². The van der Waals surface area contributed by atoms with E-state index in [1.807, 2.05) is 73.6 Å². The van der Waals surface area contributed by atoms with Gasteiger partial charge in [-0.05, 0) is 87.4 Å². The number of aromatic nitrogens is 2. The zero-order valence-corrected chi connectivity index (χ0v) is 33.8. The maximum atomic E-state index is 12.6. The van der Waals surface area contributed by atoms with Crippen molar-refractivity contribution >= 4 is 29.1 Å². The molecule has 2 aromatic carbocycles. The van der Waals surface area contributed by atoms with E-state index in [1.54, 1.807) is 26.0 Å². The second-order valence-corrected chi connectivity index (χ2v) is 10.8. The molecule has 0 spiro atoms. The molecule has 9 heteroatoms. The van der Waals surface area contributed by atoms with Crippen LogP contribution in [0.2, 0.25) is 5.02 Å². The average Bonchev–Trinajstić information content (AvgIpc) is 3.41. The predicted octanol–water partition coefficient (Wildman–Crippen LogP) is 11.8. The Kier molecular flexibility index (Phi) is 28.0. The Labute approximate surface area is 313 Å². The number of fused-ring (bicyclic) bond motifs is 1. The number of nitrogen functional groups attached to an aromatic ring is 1. The maximum absolute atomic E-state index is 12.6. The number of nitrogens with zero attached hydrogens (tertiary/aromatic N) is 2. The topological polar surface area (TPSA) is 110 Å². The molecular formula is C42H62ClFN4O3. The van der Waals surface area contributed by atoms with Crippen LogP contribution in [-0.2, 0) is 27.8 Å². The number of nitrogens with one attached hydrogen (secondary N) is 1. The first-order chi connectivity index (χ1) is 24.2. The first-order valence-electron chi connectivity index (χ1n) is 17.4. The molecule has 51 heavy (non-hydrogen) atoms. The molecule has 1 aromatic heterocycles. The molecule has 4 N–H and O–H groups in total. The first kappa shape index (κ1) is 50.8. The molecular weight excluding hydrogens is 663 g/mol. The summed E-state index contributed by atoms with van der Waals surface area (Å²) < 4.78 is 18.2. The zero-order valence-electron chi connectivity index (χ0n) is 33.0. The molecule has 0 radical (unpaired) electrons. The number of aryl methyl sites for hydroxylation is 4. The number of hydrogen-bond acceptors (Lipinski definition) is 6. The Bertz CT molecular complexity index is 1550. The fourth-order valence-corrected chi connectivity index (χ4v) is 4.48. The molecule has 2 heterocycles. The highest BCUT2D eigenvalue weighted by atomic mass is 35.5. The number of aliphatic hydroxyl groups is 1. The first-order valence-corrected chi connectivity index (χ1v) is 17.8. The quantitative estimate of drug-likeness (QED) is 0.158. The third-order valence-corrected chi connectivity index (χ3v) is 7.27. The highest BCUT2D eigenvalue weighted by Gasteiger charge is 2.49. The number of carbonyl (C=O) groups excluding carboxylic acids is 1. The number of terminal acetylenes is 1. The van der Waals surface area contributed by atoms with Gasteiger partial charge >= 0.3 is 0 Å². The minimum Gasteiger partial charge on any atom is -0.513 e. The van der Waals surface area contributed by atoms with Crippen molar-refractivity contribution in [3.63, 3.8) is 0 Å². The summed E-state index contributed by atoms with van der Waals surface area (Å²) in [5, 5.41) is 12.7. The van der Waals surface area contributed by atoms with Crippen molar-refractivity contribution in [1.29, 1.82) is 0 Å². The van der Waals surface area contributed by atoms with Crippen molar-refractivity contribution in [1.82, 2.24) is 9.97 Å². The molecule has 1 unspecified atom stereocenters. The summed E-state index contributed by atoms with van der Waals surface area (Å²) in [7, 11) is 0. The van der Waals surface area contributed by atoms with Crippen molar-refractivity contribution in [2.45, 2.75) is 114 Å². The number of halogens is 2. The lowest BCUT2D eigenvalue weighted by molar-refractivity contribution is -0.120. The summed E-state index contributed by atoms with van der Waals surface area (Å²) >= 11 is 5.80. The number of rotatable bonds is 8. The van der Waals surface area contributed by atoms with Crippen LogP contribution < -0.4 is 11.1 Å². The van der Waals surface area contributed by atoms with Crippen LogP contribution in [0.1, 0.15) is 110 Å². The summed E-state index contributed by atoms with van der Waals surface area (Å²) in [6.07, 6.45) is 12.4. The van der Waals surface area contributed by atoms with Crippen LogP contribution in [0, 0.1) is 32.5 Å². The highest BCUT2D eigenvalue weighted by Crippen LogP contribution is 2.44. The van der Waals surface area contributed by atoms with Crippen molar-refractivity contribution in [3.8, 4) is 12.8 Å². The van der Waals surface area contributed by atoms with E-state index in [2.05, 4.69) is 61.2 Å². The summed E-state index contributed by atoms with van der Waals surface area (Å²) in [4.78, 5) is 20.8. The van der Waals surface area contributed by atoms with Crippen LogP contribution in [0.3, 0.4) is 0 Å². The maximum Gasteiger partial charge on any atom is 0.243 e. The molecule has 0 bridgehead atoms. The highest BCUT2D eigenvalue weighted by molar-refractivity contribution is 6.30. The van der Waals surface area contributed by atoms with Gasteiger partial charge < -0.3 is 20.9 Å². The number of anilines is 2. The summed E-state index contributed by atoms with van der Waals surface area (Å²) in [5.74, 6) is 0.999. The minimum atomic E-state index is -1.18. The van der Waals surface area contributed by atoms with Crippen LogP contribution in [0.15, 0.2) is 79.0 Å². The molecule has 3 aromatic rings. The Morgan fingerprint density at radius 1 is 1.00 bits per heavy atom. The van der Waals surface area contributed by atoms with Crippen LogP contribution >= 0.6 is 11.6 Å². The van der Waals surface area contributed by atoms with Crippen LogP contribution in [0.25, 0.3) is 0 Å². The Morgan fingerprint density at radius 3 is 2.02 bits per heavy atom. The van der Waals surface area contributed by atoms with Gasteiger partial charge in [-0.2, -0.15) is 0 Å². The van der Waals surface area contributed by atoms with E-state index in [9.17, 15) is 9.18 Å². The smallest absolute Gasteiger partial charge is 0.243 e. The molecule has 1 amide bonds. The zero-order chi connectivity index (χ0) is 40.3. The van der Waals surface area contributed by atoms with Gasteiger partial charge in [0, 0.05) is 11.4 Å². The SMILES string of the molecule is C#C.C=C(O)CC/C(C)=C/OC(=C)C1(C)C(=O)Nc2nc(C)nc(N)c21.CC.CC.CC.CCc1cc(Cl)ccc1C.CCc1ccccc1F. The predicted molar refractivity (Wildman–Crippen MR) is 217 cm³/mol. The van der Waals surface area contributed by atoms with Gasteiger partial charge in [-0.3, -0.25) is 4.79 Å². The third-order valence-electron chi connectivity index (χ3n) is 7.03. The van der Waals surface area contributed by atoms with Crippen molar-refractivity contribution in [2.75, 3.05) is 11.1 Å². The van der Waals surface area contributed by atoms with Crippen LogP contribution in [-0.4, -0.2) is 21.0 Å². The van der Waals surface area contributed by atoms with Gasteiger partial charge in [-0.25, -0.2) is 14.4 Å². The number of ether oxygens (including phenoxy) is 1. The van der Waals surface area contributed by atoms with Crippen molar-refractivity contribution in [3.05, 3.63) is 118 Å². The normalized spacial score (nSPS) is 13.3. The lowest BCUT2D eigenvalue weighted by Gasteiger charge is -2.24. The Hall–Kier alpha value is -4.61. The molecule has 1 atom stereocenters. The van der Waals surface area contributed by atoms with E-state index in [0.29, 0.717) is 30.0 Å². The number of aliphatic hydroxyl groups excluding tert-OH is 1. The molecule has 0 saturated carbocycles. The van der Waals surface area contributed by atoms with E-state index in [-0.39, 0.29) is 29.1 Å². The van der Waals surface area contributed by atoms with Gasteiger partial charge in [0.2, 0.25) is 5.91 Å². The van der Waals surface area contributed by atoms with Crippen LogP contribution in [0.5, 0.6) is 0 Å². The second kappa shape index (κ2) is 28.1. The number of allylic oxidation sites excluding steroid dienone is 2. The molecule has 282 valence electrons. The lowest BCUT2D eigenvalue weighted by Crippen LogP contribution is -2.34. The summed E-state index contributed by atoms with van der Waals surface area (Å²) in [5.41, 5.74) is 9.62. The molecule has 0 aliphatic carbocycles. The lowest BCUT2D eigenvalue weighted by atomic mass is 9.83. The molecule has 7 nitrogen and oxygen atoms in total. The van der Waals surface area contributed by atoms with E-state index in [4.69, 9.17) is 27.2 Å². The standard InChI is InChI=1S/C17H22N4O3.C9H11Cl.C8H9F.3C2H6.C2H2/c1-9(6-7-10(2)22)8-24-11(3)17(5)13-14(18)19-12(4)20-15(13)21-16(17)23;1-3-8-6-9(10)5-4-7(8)2;1-2-7-5-3-4-6-8(7)9;4*1-2/h8,22H,2-3,6-7H2,1,4-5H3,(H3,18,19,20,21,23);4-6H,3H2,1-2H3;3-6H,2H2,1H3;3*1-2H3;1-2H/b9-8+;;;;;;. The number of hydrogen-bond donors (Lipinski definition) is 3. The molecule has 1 aliphatic rings. The van der Waals surface area contributed by atoms with E-state index in [1.165, 1.54) is 23.5 Å². The number of benzene rings is 2. The van der Waals surface area contributed by atoms with Crippen LogP contribution in [0.4, 0.5) is 16.0 Å². The van der Waals surface area contributed by atoms with Crippen molar-refractivity contribution in [2.24, 2.45) is 0 Å². The third kappa shape index (κ3) is 16.8. The van der Waals surface area contributed by atoms with E-state index in [0.717, 1.165) is 29.0 Å². The largest absolute Gasteiger partial charge is 0.513 e. The number of amides is 1. The molecule has 0 fully saturated rings. The fraction of sp³-hybridized carbons (Fsp3) is 0.405. The Morgan fingerprint density at radius 2 is 1.55 bits per heavy atom. The van der Waals surface area contributed by atoms with Gasteiger partial charge in [0.25, 0.3) is 0 Å². The van der Waals surface area contributed by atoms with E-state index < -0.39 is 5.41 Å². The van der Waals surface area contributed by atoms with Gasteiger partial charge in [-0.1, -0.05) is 104 Å². The van der Waals surface area contributed by atoms with Gasteiger partial charge in [-0.15, -0.1) is 12.8 Å². The molecule has 4 rings (SSSR count). The average molecular weight is 725 g/mol. The second-order valence-electron chi connectivity index (χ2n) is 10.4. The molecule has 0 saturated heterocycles. The fourth-order valence-electron chi connectivity index (χ4n) is 4.29. The van der Waals surface area contributed by atoms with Gasteiger partial charge in [0.15, 0.2) is 0 Å². The number of carbonyl (C=O) groups is 1. The Balaban J connectivity index is -0.000000704. The van der Waals surface area contributed by atoms with Gasteiger partial charge in [0.05, 0.1) is 17.6 Å². The van der Waals surface area contributed by atoms with Gasteiger partial charge in [0.1, 0.15) is 34.5 Å². The summed E-state index contributed by atoms with van der Waals surface area (Å²) in [6.45, 7) is 30.7. The number of nitrogens with two attached hydrogens (primary N) is 1. The minimum absolute atomic E-state index is 0.0972.